The van der Waals surface area contributed by atoms with E-state index in [4.69, 9.17) is 10.3 Å². The molecule has 1 aliphatic heterocycles. The molecule has 0 unspecified atom stereocenters. The molecule has 30 heavy (non-hydrogen) atoms. The highest BCUT2D eigenvalue weighted by Gasteiger charge is 2.22. The number of anilines is 1. The van der Waals surface area contributed by atoms with Crippen LogP contribution in [0.15, 0.2) is 28.8 Å². The van der Waals surface area contributed by atoms with Gasteiger partial charge in [-0.25, -0.2) is 0 Å². The van der Waals surface area contributed by atoms with Crippen LogP contribution < -0.4 is 11.1 Å². The Bertz CT molecular complexity index is 838. The summed E-state index contributed by atoms with van der Waals surface area (Å²) in [5, 5.41) is 6.88. The van der Waals surface area contributed by atoms with Crippen molar-refractivity contribution in [1.29, 1.82) is 0 Å². The highest BCUT2D eigenvalue weighted by atomic mass is 32.2. The van der Waals surface area contributed by atoms with Gasteiger partial charge >= 0.3 is 0 Å². The van der Waals surface area contributed by atoms with Crippen molar-refractivity contribution >= 4 is 29.3 Å². The summed E-state index contributed by atoms with van der Waals surface area (Å²) < 4.78 is 5.15. The third-order valence-corrected chi connectivity index (χ3v) is 6.56. The zero-order chi connectivity index (χ0) is 21.5. The van der Waals surface area contributed by atoms with Gasteiger partial charge in [0, 0.05) is 29.5 Å². The lowest BCUT2D eigenvalue weighted by Crippen LogP contribution is -2.39. The van der Waals surface area contributed by atoms with E-state index in [-0.39, 0.29) is 17.7 Å². The molecule has 0 aliphatic carbocycles. The van der Waals surface area contributed by atoms with Gasteiger partial charge in [0.05, 0.1) is 11.4 Å². The second-order valence-electron chi connectivity index (χ2n) is 7.81. The number of likely N-dealkylation sites (tertiary alicyclic amines) is 1. The number of aryl methyl sites for hydroxylation is 2. The van der Waals surface area contributed by atoms with Crippen molar-refractivity contribution in [2.75, 3.05) is 30.7 Å². The van der Waals surface area contributed by atoms with E-state index in [9.17, 15) is 9.59 Å². The number of aromatic nitrogens is 1. The Hall–Kier alpha value is -2.32. The monoisotopic (exact) mass is 430 g/mol. The zero-order valence-electron chi connectivity index (χ0n) is 17.6. The first kappa shape index (κ1) is 22.4. The molecule has 3 rings (SSSR count). The van der Waals surface area contributed by atoms with Crippen LogP contribution in [0, 0.1) is 19.8 Å². The van der Waals surface area contributed by atoms with Crippen molar-refractivity contribution < 1.29 is 14.1 Å². The lowest BCUT2D eigenvalue weighted by molar-refractivity contribution is -0.123. The quantitative estimate of drug-likeness (QED) is 0.634. The second-order valence-corrected chi connectivity index (χ2v) is 8.79. The van der Waals surface area contributed by atoms with Crippen molar-refractivity contribution in [3.63, 3.8) is 0 Å². The third kappa shape index (κ3) is 6.34. The highest BCUT2D eigenvalue weighted by Crippen LogP contribution is 2.20. The molecule has 1 aliphatic rings. The van der Waals surface area contributed by atoms with Gasteiger partial charge in [-0.1, -0.05) is 17.3 Å². The fourth-order valence-electron chi connectivity index (χ4n) is 3.63. The molecule has 2 heterocycles. The predicted molar refractivity (Wildman–Crippen MR) is 119 cm³/mol. The molecule has 0 radical (unpaired) electrons. The van der Waals surface area contributed by atoms with Gasteiger partial charge in [-0.15, -0.1) is 11.8 Å². The van der Waals surface area contributed by atoms with Gasteiger partial charge in [0.25, 0.3) is 0 Å². The van der Waals surface area contributed by atoms with E-state index in [0.29, 0.717) is 11.5 Å². The number of amides is 2. The number of nitrogens with zero attached hydrogens (tertiary/aromatic N) is 2. The minimum Gasteiger partial charge on any atom is -0.369 e. The maximum atomic E-state index is 12.2. The summed E-state index contributed by atoms with van der Waals surface area (Å²) in [4.78, 5) is 25.8. The van der Waals surface area contributed by atoms with Gasteiger partial charge in [-0.05, 0) is 63.9 Å². The number of carbonyl (C=O) groups excluding carboxylic acids is 2. The van der Waals surface area contributed by atoms with Gasteiger partial charge in [0.2, 0.25) is 11.8 Å². The van der Waals surface area contributed by atoms with Gasteiger partial charge in [0.1, 0.15) is 5.76 Å². The summed E-state index contributed by atoms with van der Waals surface area (Å²) in [6.07, 6.45) is 2.66. The van der Waals surface area contributed by atoms with E-state index in [1.165, 1.54) is 5.56 Å². The number of thioether (sulfide) groups is 1. The van der Waals surface area contributed by atoms with Crippen LogP contribution in [0.5, 0.6) is 0 Å². The normalized spacial score (nSPS) is 15.3. The Morgan fingerprint density at radius 1 is 1.23 bits per heavy atom. The standard InChI is InChI=1S/C22H30N4O3S/c1-15-20(16(2)29-25-15)13-30-14-21(27)24-19-5-3-17(4-6-19)7-10-26-11-8-18(9-12-26)22(23)28/h3-6,18H,7-14H2,1-2H3,(H2,23,28)(H,24,27). The Labute approximate surface area is 181 Å². The molecule has 8 heteroatoms. The molecule has 2 amide bonds. The number of hydrogen-bond acceptors (Lipinski definition) is 6. The van der Waals surface area contributed by atoms with Gasteiger partial charge < -0.3 is 20.5 Å². The maximum absolute atomic E-state index is 12.2. The minimum absolute atomic E-state index is 0.0168. The average molecular weight is 431 g/mol. The summed E-state index contributed by atoms with van der Waals surface area (Å²) in [5.74, 6) is 1.75. The SMILES string of the molecule is Cc1noc(C)c1CSCC(=O)Nc1ccc(CCN2CCC(C(N)=O)CC2)cc1. The summed E-state index contributed by atoms with van der Waals surface area (Å²) >= 11 is 1.55. The fourth-order valence-corrected chi connectivity index (χ4v) is 4.61. The van der Waals surface area contributed by atoms with Crippen LogP contribution in [-0.4, -0.2) is 47.3 Å². The highest BCUT2D eigenvalue weighted by molar-refractivity contribution is 7.99. The van der Waals surface area contributed by atoms with E-state index < -0.39 is 0 Å². The van der Waals surface area contributed by atoms with E-state index in [2.05, 4.69) is 27.5 Å². The van der Waals surface area contributed by atoms with Crippen LogP contribution in [0.1, 0.15) is 35.4 Å². The second kappa shape index (κ2) is 10.6. The molecule has 2 aromatic rings. The number of nitrogens with one attached hydrogen (secondary N) is 1. The first-order valence-electron chi connectivity index (χ1n) is 10.3. The number of piperidine rings is 1. The van der Waals surface area contributed by atoms with Crippen LogP contribution in [0.4, 0.5) is 5.69 Å². The summed E-state index contributed by atoms with van der Waals surface area (Å²) in [6.45, 7) is 6.62. The van der Waals surface area contributed by atoms with Crippen LogP contribution in [-0.2, 0) is 21.8 Å². The van der Waals surface area contributed by atoms with E-state index >= 15 is 0 Å². The van der Waals surface area contributed by atoms with Crippen LogP contribution >= 0.6 is 11.8 Å². The Balaban J connectivity index is 1.37. The molecule has 7 nitrogen and oxygen atoms in total. The summed E-state index contributed by atoms with van der Waals surface area (Å²) in [5.41, 5.74) is 9.38. The number of benzene rings is 1. The molecule has 1 fully saturated rings. The van der Waals surface area contributed by atoms with E-state index in [1.807, 2.05) is 26.0 Å². The Morgan fingerprint density at radius 3 is 2.53 bits per heavy atom. The largest absolute Gasteiger partial charge is 0.369 e. The summed E-state index contributed by atoms with van der Waals surface area (Å²) in [6, 6.07) is 8.02. The Morgan fingerprint density at radius 2 is 1.93 bits per heavy atom. The molecular weight excluding hydrogens is 400 g/mol. The molecule has 0 spiro atoms. The number of primary amides is 1. The predicted octanol–water partition coefficient (Wildman–Crippen LogP) is 2.90. The average Bonchev–Trinajstić information content (AvgIpc) is 3.05. The molecule has 0 atom stereocenters. The van der Waals surface area contributed by atoms with E-state index in [1.54, 1.807) is 11.8 Å². The molecule has 1 aromatic heterocycles. The molecular formula is C22H30N4O3S. The molecule has 3 N–H and O–H groups in total. The van der Waals surface area contributed by atoms with Crippen molar-refractivity contribution in [3.05, 3.63) is 46.8 Å². The first-order chi connectivity index (χ1) is 14.4. The Kier molecular flexibility index (Phi) is 7.93. The van der Waals surface area contributed by atoms with Crippen LogP contribution in [0.2, 0.25) is 0 Å². The van der Waals surface area contributed by atoms with Gasteiger partial charge in [-0.2, -0.15) is 0 Å². The van der Waals surface area contributed by atoms with Gasteiger partial charge in [-0.3, -0.25) is 9.59 Å². The maximum Gasteiger partial charge on any atom is 0.234 e. The van der Waals surface area contributed by atoms with Crippen LogP contribution in [0.25, 0.3) is 0 Å². The van der Waals surface area contributed by atoms with Crippen LogP contribution in [0.3, 0.4) is 0 Å². The lowest BCUT2D eigenvalue weighted by Gasteiger charge is -2.30. The molecule has 1 aromatic carbocycles. The molecule has 0 saturated carbocycles. The van der Waals surface area contributed by atoms with Crippen molar-refractivity contribution in [2.24, 2.45) is 11.7 Å². The molecule has 162 valence electrons. The van der Waals surface area contributed by atoms with Crippen molar-refractivity contribution in [2.45, 2.75) is 38.9 Å². The zero-order valence-corrected chi connectivity index (χ0v) is 18.5. The topological polar surface area (TPSA) is 101 Å². The number of rotatable bonds is 9. The fraction of sp³-hybridized carbons (Fsp3) is 0.500. The van der Waals surface area contributed by atoms with Crippen molar-refractivity contribution in [1.82, 2.24) is 10.1 Å². The number of nitrogens with two attached hydrogens (primary N) is 1. The van der Waals surface area contributed by atoms with Gasteiger partial charge in [0.15, 0.2) is 0 Å². The molecule has 1 saturated heterocycles. The van der Waals surface area contributed by atoms with E-state index in [0.717, 1.165) is 61.6 Å². The molecule has 0 bridgehead atoms. The smallest absolute Gasteiger partial charge is 0.234 e. The number of carbonyl (C=O) groups is 2. The number of hydrogen-bond donors (Lipinski definition) is 2. The minimum atomic E-state index is -0.172. The lowest BCUT2D eigenvalue weighted by atomic mass is 9.96. The van der Waals surface area contributed by atoms with Crippen molar-refractivity contribution in [3.8, 4) is 0 Å². The third-order valence-electron chi connectivity index (χ3n) is 5.61. The summed E-state index contributed by atoms with van der Waals surface area (Å²) in [7, 11) is 0. The first-order valence-corrected chi connectivity index (χ1v) is 11.5.